The van der Waals surface area contributed by atoms with Crippen molar-refractivity contribution < 1.29 is 13.9 Å². The Labute approximate surface area is 132 Å². The maximum Gasteiger partial charge on any atom is 0.276 e. The highest BCUT2D eigenvalue weighted by Crippen LogP contribution is 2.31. The lowest BCUT2D eigenvalue weighted by atomic mass is 9.95. The van der Waals surface area contributed by atoms with Crippen LogP contribution in [0.15, 0.2) is 10.8 Å². The summed E-state index contributed by atoms with van der Waals surface area (Å²) < 4.78 is 11.1. The number of ether oxygens (including phenoxy) is 1. The summed E-state index contributed by atoms with van der Waals surface area (Å²) in [5.41, 5.74) is 0.441. The molecule has 5 heteroatoms. The zero-order valence-electron chi connectivity index (χ0n) is 13.4. The van der Waals surface area contributed by atoms with Gasteiger partial charge in [0.05, 0.1) is 0 Å². The molecule has 1 atom stereocenters. The van der Waals surface area contributed by atoms with Gasteiger partial charge in [0.2, 0.25) is 0 Å². The zero-order chi connectivity index (χ0) is 15.4. The van der Waals surface area contributed by atoms with Crippen LogP contribution in [-0.2, 0) is 4.74 Å². The van der Waals surface area contributed by atoms with Crippen LogP contribution < -0.4 is 0 Å². The van der Waals surface area contributed by atoms with E-state index in [0.29, 0.717) is 17.5 Å². The van der Waals surface area contributed by atoms with Crippen molar-refractivity contribution in [2.75, 3.05) is 13.7 Å². The maximum atomic E-state index is 12.8. The highest BCUT2D eigenvalue weighted by Gasteiger charge is 2.31. The Bertz CT molecular complexity index is 486. The molecule has 122 valence electrons. The number of aromatic nitrogens is 1. The lowest BCUT2D eigenvalue weighted by molar-refractivity contribution is 0.0671. The van der Waals surface area contributed by atoms with Gasteiger partial charge in [-0.25, -0.2) is 4.98 Å². The molecule has 1 amide bonds. The first-order chi connectivity index (χ1) is 10.8. The van der Waals surface area contributed by atoms with E-state index in [1.165, 1.54) is 38.5 Å². The van der Waals surface area contributed by atoms with E-state index in [9.17, 15) is 4.79 Å². The van der Waals surface area contributed by atoms with Crippen LogP contribution in [0.2, 0.25) is 0 Å². The summed E-state index contributed by atoms with van der Waals surface area (Å²) in [5, 5.41) is 0. The van der Waals surface area contributed by atoms with Crippen LogP contribution in [0.5, 0.6) is 0 Å². The first-order valence-corrected chi connectivity index (χ1v) is 8.59. The number of carbonyl (C=O) groups is 1. The summed E-state index contributed by atoms with van der Waals surface area (Å²) in [7, 11) is 1.91. The molecule has 2 fully saturated rings. The van der Waals surface area contributed by atoms with Crippen LogP contribution >= 0.6 is 0 Å². The average molecular weight is 306 g/mol. The van der Waals surface area contributed by atoms with E-state index in [1.807, 2.05) is 11.9 Å². The van der Waals surface area contributed by atoms with Crippen LogP contribution in [0.4, 0.5) is 0 Å². The van der Waals surface area contributed by atoms with E-state index in [2.05, 4.69) is 4.98 Å². The molecule has 0 unspecified atom stereocenters. The lowest BCUT2D eigenvalue weighted by Crippen LogP contribution is -2.38. The molecule has 0 spiro atoms. The van der Waals surface area contributed by atoms with Gasteiger partial charge >= 0.3 is 0 Å². The molecule has 1 aliphatic heterocycles. The molecule has 22 heavy (non-hydrogen) atoms. The van der Waals surface area contributed by atoms with Gasteiger partial charge in [-0.2, -0.15) is 0 Å². The van der Waals surface area contributed by atoms with E-state index >= 15 is 0 Å². The largest absolute Gasteiger partial charge is 0.445 e. The molecular weight excluding hydrogens is 280 g/mol. The number of carbonyl (C=O) groups excluding carboxylic acids is 1. The number of oxazole rings is 1. The maximum absolute atomic E-state index is 12.8. The summed E-state index contributed by atoms with van der Waals surface area (Å²) in [6.07, 6.45) is 11.7. The fraction of sp³-hybridized carbons (Fsp3) is 0.765. The van der Waals surface area contributed by atoms with Gasteiger partial charge in [-0.05, 0) is 25.7 Å². The third-order valence-electron chi connectivity index (χ3n) is 4.96. The van der Waals surface area contributed by atoms with Crippen LogP contribution in [0.25, 0.3) is 0 Å². The van der Waals surface area contributed by atoms with Crippen LogP contribution in [0.1, 0.15) is 80.1 Å². The smallest absolute Gasteiger partial charge is 0.276 e. The second-order valence-corrected chi connectivity index (χ2v) is 6.48. The molecule has 0 N–H and O–H groups in total. The van der Waals surface area contributed by atoms with Crippen LogP contribution in [0, 0.1) is 0 Å². The van der Waals surface area contributed by atoms with E-state index in [0.717, 1.165) is 32.3 Å². The molecule has 1 aliphatic carbocycles. The molecule has 0 aromatic carbocycles. The minimum atomic E-state index is -0.104. The van der Waals surface area contributed by atoms with Crippen molar-refractivity contribution in [1.29, 1.82) is 0 Å². The Morgan fingerprint density at radius 1 is 1.14 bits per heavy atom. The molecule has 1 aromatic heterocycles. The third kappa shape index (κ3) is 3.35. The second kappa shape index (κ2) is 7.27. The predicted molar refractivity (Wildman–Crippen MR) is 82.6 cm³/mol. The fourth-order valence-electron chi connectivity index (χ4n) is 3.58. The summed E-state index contributed by atoms with van der Waals surface area (Å²) in [4.78, 5) is 18.9. The molecule has 3 rings (SSSR count). The number of amides is 1. The van der Waals surface area contributed by atoms with Crippen molar-refractivity contribution in [2.24, 2.45) is 0 Å². The van der Waals surface area contributed by atoms with Gasteiger partial charge in [0, 0.05) is 19.7 Å². The van der Waals surface area contributed by atoms with Crippen molar-refractivity contribution >= 4 is 5.91 Å². The number of rotatable bonds is 3. The monoisotopic (exact) mass is 306 g/mol. The molecule has 0 radical (unpaired) electrons. The van der Waals surface area contributed by atoms with E-state index in [-0.39, 0.29) is 12.0 Å². The van der Waals surface area contributed by atoms with E-state index in [1.54, 1.807) is 0 Å². The minimum Gasteiger partial charge on any atom is -0.445 e. The van der Waals surface area contributed by atoms with Gasteiger partial charge < -0.3 is 14.1 Å². The molecule has 1 aromatic rings. The van der Waals surface area contributed by atoms with Gasteiger partial charge in [0.1, 0.15) is 6.10 Å². The van der Waals surface area contributed by atoms with Gasteiger partial charge in [0.25, 0.3) is 5.91 Å². The highest BCUT2D eigenvalue weighted by atomic mass is 16.5. The molecule has 1 saturated heterocycles. The van der Waals surface area contributed by atoms with Crippen molar-refractivity contribution in [3.8, 4) is 0 Å². The Hall–Kier alpha value is -1.36. The zero-order valence-corrected chi connectivity index (χ0v) is 13.4. The van der Waals surface area contributed by atoms with Crippen molar-refractivity contribution in [1.82, 2.24) is 9.88 Å². The summed E-state index contributed by atoms with van der Waals surface area (Å²) in [6, 6.07) is 0.321. The first kappa shape index (κ1) is 15.5. The summed E-state index contributed by atoms with van der Waals surface area (Å²) in [5.74, 6) is 0.588. The van der Waals surface area contributed by atoms with Gasteiger partial charge in [-0.3, -0.25) is 4.79 Å². The Morgan fingerprint density at radius 2 is 1.86 bits per heavy atom. The second-order valence-electron chi connectivity index (χ2n) is 6.48. The lowest BCUT2D eigenvalue weighted by Gasteiger charge is -2.29. The standard InChI is InChI=1S/C17H26N2O3/c1-19(13-8-5-3-2-4-6-9-13)17(20)15-16(22-12-18-15)14-10-7-11-21-14/h12-14H,2-11H2,1H3/t14-/m1/s1. The molecule has 2 heterocycles. The van der Waals surface area contributed by atoms with Gasteiger partial charge in [0.15, 0.2) is 17.8 Å². The molecule has 1 saturated carbocycles. The number of hydrogen-bond donors (Lipinski definition) is 0. The number of hydrogen-bond acceptors (Lipinski definition) is 4. The normalized spacial score (nSPS) is 24.0. The molecular formula is C17H26N2O3. The summed E-state index contributed by atoms with van der Waals surface area (Å²) in [6.45, 7) is 0.734. The van der Waals surface area contributed by atoms with E-state index in [4.69, 9.17) is 9.15 Å². The quantitative estimate of drug-likeness (QED) is 0.854. The fourth-order valence-corrected chi connectivity index (χ4v) is 3.58. The van der Waals surface area contributed by atoms with Crippen LogP contribution in [0.3, 0.4) is 0 Å². The third-order valence-corrected chi connectivity index (χ3v) is 4.96. The van der Waals surface area contributed by atoms with Crippen molar-refractivity contribution in [2.45, 2.75) is 69.9 Å². The van der Waals surface area contributed by atoms with Crippen molar-refractivity contribution in [3.63, 3.8) is 0 Å². The predicted octanol–water partition coefficient (Wildman–Crippen LogP) is 3.71. The minimum absolute atomic E-state index is 0.0233. The Balaban J connectivity index is 1.71. The topological polar surface area (TPSA) is 55.6 Å². The van der Waals surface area contributed by atoms with Gasteiger partial charge in [-0.1, -0.05) is 32.1 Å². The van der Waals surface area contributed by atoms with Crippen molar-refractivity contribution in [3.05, 3.63) is 17.8 Å². The molecule has 0 bridgehead atoms. The highest BCUT2D eigenvalue weighted by molar-refractivity contribution is 5.93. The Morgan fingerprint density at radius 3 is 2.55 bits per heavy atom. The van der Waals surface area contributed by atoms with Gasteiger partial charge in [-0.15, -0.1) is 0 Å². The number of nitrogens with zero attached hydrogens (tertiary/aromatic N) is 2. The van der Waals surface area contributed by atoms with Crippen LogP contribution in [-0.4, -0.2) is 35.5 Å². The van der Waals surface area contributed by atoms with E-state index < -0.39 is 0 Å². The molecule has 2 aliphatic rings. The molecule has 5 nitrogen and oxygen atoms in total. The SMILES string of the molecule is CN(C(=O)c1ncoc1[C@H]1CCCO1)C1CCCCCCC1. The summed E-state index contributed by atoms with van der Waals surface area (Å²) >= 11 is 0. The Kier molecular flexibility index (Phi) is 5.13. The first-order valence-electron chi connectivity index (χ1n) is 8.59. The average Bonchev–Trinajstić information content (AvgIpc) is 3.16.